The predicted molar refractivity (Wildman–Crippen MR) is 94.6 cm³/mol. The van der Waals surface area contributed by atoms with Crippen LogP contribution in [-0.2, 0) is 15.0 Å². The molecule has 0 N–H and O–H groups in total. The molecule has 130 valence electrons. The van der Waals surface area contributed by atoms with E-state index in [2.05, 4.69) is 12.1 Å². The van der Waals surface area contributed by atoms with E-state index in [1.54, 1.807) is 0 Å². The van der Waals surface area contributed by atoms with Crippen LogP contribution in [0, 0.1) is 5.41 Å². The molecule has 2 amide bonds. The molecule has 1 saturated carbocycles. The largest absolute Gasteiger partial charge is 0.339 e. The third-order valence-electron chi connectivity index (χ3n) is 5.44. The molecule has 3 rings (SSSR count). The monoisotopic (exact) mass is 328 g/mol. The van der Waals surface area contributed by atoms with Crippen LogP contribution in [0.3, 0.4) is 0 Å². The summed E-state index contributed by atoms with van der Waals surface area (Å²) in [5, 5.41) is 0. The lowest BCUT2D eigenvalue weighted by Crippen LogP contribution is -2.58. The van der Waals surface area contributed by atoms with Crippen molar-refractivity contribution >= 4 is 11.8 Å². The lowest BCUT2D eigenvalue weighted by Gasteiger charge is -2.46. The molecule has 4 heteroatoms. The van der Waals surface area contributed by atoms with Gasteiger partial charge in [-0.2, -0.15) is 0 Å². The molecule has 1 aliphatic heterocycles. The highest BCUT2D eigenvalue weighted by Gasteiger charge is 2.48. The van der Waals surface area contributed by atoms with Crippen LogP contribution in [0.25, 0.3) is 0 Å². The number of carbonyl (C=O) groups excluding carboxylic acids is 2. The fourth-order valence-electron chi connectivity index (χ4n) is 3.80. The summed E-state index contributed by atoms with van der Waals surface area (Å²) in [6, 6.07) is 10.2. The molecule has 2 fully saturated rings. The van der Waals surface area contributed by atoms with Crippen molar-refractivity contribution in [1.29, 1.82) is 0 Å². The first-order valence-corrected chi connectivity index (χ1v) is 8.99. The molecule has 1 aliphatic carbocycles. The van der Waals surface area contributed by atoms with E-state index in [1.807, 2.05) is 48.8 Å². The van der Waals surface area contributed by atoms with Crippen molar-refractivity contribution in [2.45, 2.75) is 45.4 Å². The molecule has 4 nitrogen and oxygen atoms in total. The van der Waals surface area contributed by atoms with E-state index in [0.29, 0.717) is 26.2 Å². The van der Waals surface area contributed by atoms with Gasteiger partial charge in [0.2, 0.25) is 11.8 Å². The summed E-state index contributed by atoms with van der Waals surface area (Å²) >= 11 is 0. The van der Waals surface area contributed by atoms with Crippen LogP contribution >= 0.6 is 0 Å². The van der Waals surface area contributed by atoms with E-state index in [-0.39, 0.29) is 22.6 Å². The van der Waals surface area contributed by atoms with E-state index in [1.165, 1.54) is 0 Å². The smallest absolute Gasteiger partial charge is 0.233 e. The normalized spacial score (nSPS) is 20.5. The van der Waals surface area contributed by atoms with Gasteiger partial charge in [0, 0.05) is 31.6 Å². The Morgan fingerprint density at radius 1 is 0.917 bits per heavy atom. The average molecular weight is 328 g/mol. The Kier molecular flexibility index (Phi) is 4.41. The maximum absolute atomic E-state index is 13.2. The standard InChI is InChI=1S/C20H28N2O2/c1-19(2,3)17(23)21-12-14-22(15-13-21)18(24)20(10-7-11-20)16-8-5-4-6-9-16/h4-6,8-9H,7,10-15H2,1-3H3. The number of carbonyl (C=O) groups is 2. The Labute approximate surface area is 144 Å². The highest BCUT2D eigenvalue weighted by Crippen LogP contribution is 2.45. The molecule has 1 heterocycles. The first-order chi connectivity index (χ1) is 11.3. The van der Waals surface area contributed by atoms with Crippen molar-refractivity contribution in [1.82, 2.24) is 9.80 Å². The molecule has 0 bridgehead atoms. The second-order valence-corrected chi connectivity index (χ2v) is 8.14. The quantitative estimate of drug-likeness (QED) is 0.837. The van der Waals surface area contributed by atoms with Gasteiger partial charge in [0.1, 0.15) is 0 Å². The average Bonchev–Trinajstić information content (AvgIpc) is 2.53. The number of nitrogens with zero attached hydrogens (tertiary/aromatic N) is 2. The highest BCUT2D eigenvalue weighted by atomic mass is 16.2. The molecule has 0 radical (unpaired) electrons. The summed E-state index contributed by atoms with van der Waals surface area (Å²) in [6.45, 7) is 8.44. The fraction of sp³-hybridized carbons (Fsp3) is 0.600. The van der Waals surface area contributed by atoms with Crippen molar-refractivity contribution < 1.29 is 9.59 Å². The Hall–Kier alpha value is -1.84. The van der Waals surface area contributed by atoms with Crippen LogP contribution in [0.2, 0.25) is 0 Å². The van der Waals surface area contributed by atoms with E-state index >= 15 is 0 Å². The number of rotatable bonds is 2. The second kappa shape index (κ2) is 6.23. The van der Waals surface area contributed by atoms with Gasteiger partial charge in [0.25, 0.3) is 0 Å². The Bertz CT molecular complexity index is 606. The molecule has 0 spiro atoms. The maximum atomic E-state index is 13.2. The van der Waals surface area contributed by atoms with Crippen molar-refractivity contribution in [2.75, 3.05) is 26.2 Å². The van der Waals surface area contributed by atoms with Gasteiger partial charge in [-0.05, 0) is 18.4 Å². The molecule has 2 aliphatic rings. The van der Waals surface area contributed by atoms with E-state index < -0.39 is 0 Å². The Morgan fingerprint density at radius 2 is 1.46 bits per heavy atom. The lowest BCUT2D eigenvalue weighted by molar-refractivity contribution is -0.149. The first-order valence-electron chi connectivity index (χ1n) is 8.99. The second-order valence-electron chi connectivity index (χ2n) is 8.14. The SMILES string of the molecule is CC(C)(C)C(=O)N1CCN(C(=O)C2(c3ccccc3)CCC2)CC1. The number of hydrogen-bond donors (Lipinski definition) is 0. The molecule has 24 heavy (non-hydrogen) atoms. The third-order valence-corrected chi connectivity index (χ3v) is 5.44. The van der Waals surface area contributed by atoms with Gasteiger partial charge in [0.05, 0.1) is 5.41 Å². The summed E-state index contributed by atoms with van der Waals surface area (Å²) < 4.78 is 0. The third kappa shape index (κ3) is 2.94. The van der Waals surface area contributed by atoms with Gasteiger partial charge in [-0.25, -0.2) is 0 Å². The minimum atomic E-state index is -0.356. The summed E-state index contributed by atoms with van der Waals surface area (Å²) in [4.78, 5) is 29.5. The van der Waals surface area contributed by atoms with Crippen LogP contribution < -0.4 is 0 Å². The van der Waals surface area contributed by atoms with Crippen LogP contribution in [0.5, 0.6) is 0 Å². The summed E-state index contributed by atoms with van der Waals surface area (Å²) in [5.41, 5.74) is 0.470. The molecule has 1 aromatic rings. The number of hydrogen-bond acceptors (Lipinski definition) is 2. The molecule has 1 saturated heterocycles. The molecular weight excluding hydrogens is 300 g/mol. The zero-order valence-corrected chi connectivity index (χ0v) is 15.0. The maximum Gasteiger partial charge on any atom is 0.233 e. The summed E-state index contributed by atoms with van der Waals surface area (Å²) in [6.07, 6.45) is 3.00. The van der Waals surface area contributed by atoms with Crippen LogP contribution in [0.4, 0.5) is 0 Å². The van der Waals surface area contributed by atoms with Crippen LogP contribution in [0.15, 0.2) is 30.3 Å². The van der Waals surface area contributed by atoms with Crippen molar-refractivity contribution in [3.05, 3.63) is 35.9 Å². The minimum absolute atomic E-state index is 0.177. The van der Waals surface area contributed by atoms with E-state index in [9.17, 15) is 9.59 Å². The zero-order chi connectivity index (χ0) is 17.4. The van der Waals surface area contributed by atoms with Gasteiger partial charge < -0.3 is 9.80 Å². The highest BCUT2D eigenvalue weighted by molar-refractivity contribution is 5.89. The number of piperazine rings is 1. The van der Waals surface area contributed by atoms with Gasteiger partial charge in [-0.15, -0.1) is 0 Å². The molecular formula is C20H28N2O2. The van der Waals surface area contributed by atoms with Gasteiger partial charge in [-0.1, -0.05) is 57.5 Å². The summed E-state index contributed by atoms with van der Waals surface area (Å²) in [5.74, 6) is 0.429. The fourth-order valence-corrected chi connectivity index (χ4v) is 3.80. The molecule has 0 atom stereocenters. The van der Waals surface area contributed by atoms with Gasteiger partial charge in [0.15, 0.2) is 0 Å². The van der Waals surface area contributed by atoms with Crippen LogP contribution in [0.1, 0.15) is 45.6 Å². The molecule has 0 unspecified atom stereocenters. The molecule has 1 aromatic carbocycles. The van der Waals surface area contributed by atoms with Crippen molar-refractivity contribution in [2.24, 2.45) is 5.41 Å². The van der Waals surface area contributed by atoms with Crippen LogP contribution in [-0.4, -0.2) is 47.8 Å². The first kappa shape index (κ1) is 17.0. The molecule has 0 aromatic heterocycles. The Morgan fingerprint density at radius 3 is 1.92 bits per heavy atom. The van der Waals surface area contributed by atoms with Gasteiger partial charge >= 0.3 is 0 Å². The van der Waals surface area contributed by atoms with E-state index in [4.69, 9.17) is 0 Å². The van der Waals surface area contributed by atoms with Crippen molar-refractivity contribution in [3.63, 3.8) is 0 Å². The van der Waals surface area contributed by atoms with E-state index in [0.717, 1.165) is 24.8 Å². The lowest BCUT2D eigenvalue weighted by atomic mass is 9.63. The van der Waals surface area contributed by atoms with Gasteiger partial charge in [-0.3, -0.25) is 9.59 Å². The number of amides is 2. The zero-order valence-electron chi connectivity index (χ0n) is 15.0. The predicted octanol–water partition coefficient (Wildman–Crippen LogP) is 2.83. The Balaban J connectivity index is 1.68. The van der Waals surface area contributed by atoms with Crippen molar-refractivity contribution in [3.8, 4) is 0 Å². The summed E-state index contributed by atoms with van der Waals surface area (Å²) in [7, 11) is 0. The minimum Gasteiger partial charge on any atom is -0.339 e. The topological polar surface area (TPSA) is 40.6 Å². The number of benzene rings is 1.